The van der Waals surface area contributed by atoms with E-state index in [0.717, 1.165) is 11.1 Å². The maximum atomic E-state index is 11.1. The molecule has 0 bridgehead atoms. The first-order valence-electron chi connectivity index (χ1n) is 5.37. The van der Waals surface area contributed by atoms with Crippen LogP contribution in [0.2, 0.25) is 0 Å². The maximum absolute atomic E-state index is 11.1. The van der Waals surface area contributed by atoms with Gasteiger partial charge < -0.3 is 5.11 Å². The normalized spacial score (nSPS) is 10.5. The lowest BCUT2D eigenvalue weighted by Crippen LogP contribution is -2.03. The van der Waals surface area contributed by atoms with E-state index in [2.05, 4.69) is 10.3 Å². The third-order valence-electron chi connectivity index (χ3n) is 2.56. The highest BCUT2D eigenvalue weighted by molar-refractivity contribution is 5.92. The average Bonchev–Trinajstić information content (AvgIpc) is 2.73. The van der Waals surface area contributed by atoms with Gasteiger partial charge in [0.15, 0.2) is 5.69 Å². The maximum Gasteiger partial charge on any atom is 0.358 e. The number of aromatic carboxylic acids is 1. The second kappa shape index (κ2) is 4.37. The monoisotopic (exact) mass is 231 g/mol. The summed E-state index contributed by atoms with van der Waals surface area (Å²) < 4.78 is 1.59. The van der Waals surface area contributed by atoms with Gasteiger partial charge in [0.1, 0.15) is 5.69 Å². The van der Waals surface area contributed by atoms with Crippen LogP contribution in [0.1, 0.15) is 23.0 Å². The van der Waals surface area contributed by atoms with Crippen LogP contribution in [0.4, 0.5) is 0 Å². The van der Waals surface area contributed by atoms with Crippen molar-refractivity contribution in [3.63, 3.8) is 0 Å². The fourth-order valence-corrected chi connectivity index (χ4v) is 1.68. The molecule has 2 aromatic rings. The van der Waals surface area contributed by atoms with Gasteiger partial charge in [-0.15, -0.1) is 5.10 Å². The van der Waals surface area contributed by atoms with Crippen LogP contribution in [0.25, 0.3) is 11.3 Å². The van der Waals surface area contributed by atoms with Gasteiger partial charge in [0.2, 0.25) is 0 Å². The Balaban J connectivity index is 2.59. The van der Waals surface area contributed by atoms with Crippen molar-refractivity contribution >= 4 is 5.97 Å². The van der Waals surface area contributed by atoms with Crippen LogP contribution in [0.15, 0.2) is 24.3 Å². The van der Waals surface area contributed by atoms with Gasteiger partial charge in [0.05, 0.1) is 0 Å². The Morgan fingerprint density at radius 1 is 1.35 bits per heavy atom. The van der Waals surface area contributed by atoms with Crippen LogP contribution in [0, 0.1) is 6.92 Å². The quantitative estimate of drug-likeness (QED) is 0.876. The number of benzene rings is 1. The van der Waals surface area contributed by atoms with Gasteiger partial charge in [-0.3, -0.25) is 0 Å². The van der Waals surface area contributed by atoms with Crippen molar-refractivity contribution in [2.24, 2.45) is 0 Å². The van der Waals surface area contributed by atoms with Crippen molar-refractivity contribution in [1.82, 2.24) is 15.0 Å². The SMILES string of the molecule is CCn1nnc(C(=O)O)c1-c1ccc(C)cc1. The van der Waals surface area contributed by atoms with E-state index in [1.165, 1.54) is 0 Å². The molecular formula is C12H13N3O2. The Morgan fingerprint density at radius 3 is 2.53 bits per heavy atom. The number of aromatic nitrogens is 3. The summed E-state index contributed by atoms with van der Waals surface area (Å²) >= 11 is 0. The Kier molecular flexibility index (Phi) is 2.91. The van der Waals surface area contributed by atoms with Crippen LogP contribution in [-0.2, 0) is 6.54 Å². The van der Waals surface area contributed by atoms with Crippen LogP contribution >= 0.6 is 0 Å². The molecule has 1 N–H and O–H groups in total. The van der Waals surface area contributed by atoms with Gasteiger partial charge >= 0.3 is 5.97 Å². The molecule has 0 unspecified atom stereocenters. The van der Waals surface area contributed by atoms with Gasteiger partial charge in [-0.05, 0) is 13.8 Å². The lowest BCUT2D eigenvalue weighted by Gasteiger charge is -2.05. The Labute approximate surface area is 98.7 Å². The van der Waals surface area contributed by atoms with E-state index >= 15 is 0 Å². The largest absolute Gasteiger partial charge is 0.476 e. The Bertz CT molecular complexity index is 543. The summed E-state index contributed by atoms with van der Waals surface area (Å²) in [5.41, 5.74) is 2.50. The summed E-state index contributed by atoms with van der Waals surface area (Å²) in [6.45, 7) is 4.47. The lowest BCUT2D eigenvalue weighted by molar-refractivity contribution is 0.0691. The number of carboxylic acids is 1. The number of nitrogens with zero attached hydrogens (tertiary/aromatic N) is 3. The van der Waals surface area contributed by atoms with Crippen molar-refractivity contribution in [3.05, 3.63) is 35.5 Å². The highest BCUT2D eigenvalue weighted by Gasteiger charge is 2.19. The summed E-state index contributed by atoms with van der Waals surface area (Å²) in [5, 5.41) is 16.6. The molecule has 0 spiro atoms. The van der Waals surface area contributed by atoms with Gasteiger partial charge in [0.25, 0.3) is 0 Å². The molecule has 0 saturated carbocycles. The second-order valence-electron chi connectivity index (χ2n) is 3.77. The Morgan fingerprint density at radius 2 is 2.00 bits per heavy atom. The summed E-state index contributed by atoms with van der Waals surface area (Å²) in [5.74, 6) is -1.06. The number of hydrogen-bond donors (Lipinski definition) is 1. The topological polar surface area (TPSA) is 68.0 Å². The molecule has 5 heteroatoms. The number of rotatable bonds is 3. The highest BCUT2D eigenvalue weighted by Crippen LogP contribution is 2.22. The van der Waals surface area contributed by atoms with E-state index in [1.54, 1.807) is 4.68 Å². The molecule has 1 aromatic carbocycles. The lowest BCUT2D eigenvalue weighted by atomic mass is 10.1. The number of carbonyl (C=O) groups is 1. The summed E-state index contributed by atoms with van der Waals surface area (Å²) in [7, 11) is 0. The fourth-order valence-electron chi connectivity index (χ4n) is 1.68. The average molecular weight is 231 g/mol. The first-order chi connectivity index (χ1) is 8.13. The predicted molar refractivity (Wildman–Crippen MR) is 62.8 cm³/mol. The Hall–Kier alpha value is -2.17. The number of hydrogen-bond acceptors (Lipinski definition) is 3. The first kappa shape index (κ1) is 11.3. The minimum Gasteiger partial charge on any atom is -0.476 e. The van der Waals surface area contributed by atoms with Crippen LogP contribution in [-0.4, -0.2) is 26.1 Å². The second-order valence-corrected chi connectivity index (χ2v) is 3.77. The van der Waals surface area contributed by atoms with E-state index in [4.69, 9.17) is 5.11 Å². The third kappa shape index (κ3) is 2.04. The van der Waals surface area contributed by atoms with Gasteiger partial charge in [-0.1, -0.05) is 35.0 Å². The molecule has 0 radical (unpaired) electrons. The van der Waals surface area contributed by atoms with Crippen LogP contribution in [0.3, 0.4) is 0 Å². The van der Waals surface area contributed by atoms with Crippen molar-refractivity contribution in [3.8, 4) is 11.3 Å². The molecule has 5 nitrogen and oxygen atoms in total. The summed E-state index contributed by atoms with van der Waals surface area (Å²) in [6, 6.07) is 7.64. The summed E-state index contributed by atoms with van der Waals surface area (Å²) in [6.07, 6.45) is 0. The zero-order chi connectivity index (χ0) is 12.4. The minimum atomic E-state index is -1.06. The van der Waals surface area contributed by atoms with E-state index < -0.39 is 5.97 Å². The number of aryl methyl sites for hydroxylation is 2. The van der Waals surface area contributed by atoms with Crippen LogP contribution in [0.5, 0.6) is 0 Å². The summed E-state index contributed by atoms with van der Waals surface area (Å²) in [4.78, 5) is 11.1. The zero-order valence-electron chi connectivity index (χ0n) is 9.71. The van der Waals surface area contributed by atoms with Gasteiger partial charge in [-0.2, -0.15) is 0 Å². The molecule has 0 atom stereocenters. The molecule has 17 heavy (non-hydrogen) atoms. The van der Waals surface area contributed by atoms with Gasteiger partial charge in [-0.25, -0.2) is 9.48 Å². The van der Waals surface area contributed by atoms with E-state index in [-0.39, 0.29) is 5.69 Å². The molecular weight excluding hydrogens is 218 g/mol. The van der Waals surface area contributed by atoms with Crippen LogP contribution < -0.4 is 0 Å². The molecule has 0 aliphatic heterocycles. The standard InChI is InChI=1S/C12H13N3O2/c1-3-15-11(10(12(16)17)13-14-15)9-6-4-8(2)5-7-9/h4-7H,3H2,1-2H3,(H,16,17). The van der Waals surface area contributed by atoms with E-state index in [1.807, 2.05) is 38.1 Å². The smallest absolute Gasteiger partial charge is 0.358 e. The minimum absolute atomic E-state index is 0.00398. The van der Waals surface area contributed by atoms with E-state index in [9.17, 15) is 4.79 Å². The van der Waals surface area contributed by atoms with Gasteiger partial charge in [0, 0.05) is 12.1 Å². The third-order valence-corrected chi connectivity index (χ3v) is 2.56. The molecule has 0 fully saturated rings. The molecule has 0 aliphatic rings. The molecule has 0 aliphatic carbocycles. The molecule has 0 amide bonds. The fraction of sp³-hybridized carbons (Fsp3) is 0.250. The molecule has 88 valence electrons. The molecule has 1 aromatic heterocycles. The molecule has 0 saturated heterocycles. The van der Waals surface area contributed by atoms with Crippen molar-refractivity contribution in [2.45, 2.75) is 20.4 Å². The zero-order valence-corrected chi connectivity index (χ0v) is 9.71. The predicted octanol–water partition coefficient (Wildman–Crippen LogP) is 1.97. The van der Waals surface area contributed by atoms with Crippen molar-refractivity contribution in [1.29, 1.82) is 0 Å². The number of carboxylic acid groups (broad SMARTS) is 1. The van der Waals surface area contributed by atoms with Crippen molar-refractivity contribution < 1.29 is 9.90 Å². The first-order valence-corrected chi connectivity index (χ1v) is 5.37. The highest BCUT2D eigenvalue weighted by atomic mass is 16.4. The van der Waals surface area contributed by atoms with E-state index in [0.29, 0.717) is 12.2 Å². The molecule has 2 rings (SSSR count). The molecule has 1 heterocycles. The van der Waals surface area contributed by atoms with Crippen molar-refractivity contribution in [2.75, 3.05) is 0 Å².